The molecular weight excluding hydrogens is 448 g/mol. The van der Waals surface area contributed by atoms with Crippen LogP contribution in [0.2, 0.25) is 0 Å². The molecule has 2 N–H and O–H groups in total. The minimum absolute atomic E-state index is 0.0585. The van der Waals surface area contributed by atoms with E-state index in [-0.39, 0.29) is 16.5 Å². The molecule has 12 heteroatoms. The first kappa shape index (κ1) is 24.3. The summed E-state index contributed by atoms with van der Waals surface area (Å²) in [5, 5.41) is 10.9. The zero-order chi connectivity index (χ0) is 24.2. The highest BCUT2D eigenvalue weighted by atomic mass is 32.2. The summed E-state index contributed by atoms with van der Waals surface area (Å²) in [7, 11) is -4.30. The number of rotatable bonds is 9. The van der Waals surface area contributed by atoms with Gasteiger partial charge < -0.3 is 4.74 Å². The van der Waals surface area contributed by atoms with Crippen molar-refractivity contribution >= 4 is 21.5 Å². The number of nitrogens with one attached hydrogen (secondary N) is 1. The molecule has 0 aliphatic carbocycles. The van der Waals surface area contributed by atoms with Crippen LogP contribution in [0.5, 0.6) is 5.88 Å². The highest BCUT2D eigenvalue weighted by Gasteiger charge is 2.18. The summed E-state index contributed by atoms with van der Waals surface area (Å²) < 4.78 is 38.2. The molecule has 0 atom stereocenters. The molecular formula is C21H26N6O5S. The SMILES string of the molecule is CCCCc1c(C)nc(-n2[nH]c(C)c(N=Nc3ccc(S(=O)(=O)O)cc3)c2=O)nc1OCC. The number of unbranched alkanes of at least 4 members (excludes halogenated alkanes) is 1. The number of nitrogens with zero attached hydrogens (tertiary/aromatic N) is 5. The van der Waals surface area contributed by atoms with Crippen molar-refractivity contribution in [1.82, 2.24) is 19.7 Å². The molecule has 11 nitrogen and oxygen atoms in total. The van der Waals surface area contributed by atoms with Gasteiger partial charge in [-0.25, -0.2) is 4.98 Å². The third-order valence-electron chi connectivity index (χ3n) is 4.87. The van der Waals surface area contributed by atoms with Gasteiger partial charge in [-0.05, 0) is 57.9 Å². The second-order valence-corrected chi connectivity index (χ2v) is 8.75. The molecule has 0 aliphatic heterocycles. The Kier molecular flexibility index (Phi) is 7.39. The number of aryl methyl sites for hydroxylation is 2. The molecule has 3 aromatic rings. The van der Waals surface area contributed by atoms with Crippen LogP contribution in [0.4, 0.5) is 11.4 Å². The van der Waals surface area contributed by atoms with Gasteiger partial charge >= 0.3 is 5.56 Å². The van der Waals surface area contributed by atoms with E-state index in [0.29, 0.717) is 23.9 Å². The summed E-state index contributed by atoms with van der Waals surface area (Å²) in [5.74, 6) is 0.595. The lowest BCUT2D eigenvalue weighted by Crippen LogP contribution is -2.19. The number of azo groups is 1. The van der Waals surface area contributed by atoms with Gasteiger partial charge in [0.1, 0.15) is 0 Å². The van der Waals surface area contributed by atoms with Gasteiger partial charge in [0.05, 0.1) is 22.9 Å². The predicted octanol–water partition coefficient (Wildman–Crippen LogP) is 3.98. The minimum Gasteiger partial charge on any atom is -0.478 e. The maximum Gasteiger partial charge on any atom is 0.301 e. The molecule has 0 saturated carbocycles. The van der Waals surface area contributed by atoms with E-state index < -0.39 is 15.7 Å². The lowest BCUT2D eigenvalue weighted by atomic mass is 10.1. The quantitative estimate of drug-likeness (QED) is 0.351. The number of aromatic nitrogens is 4. The molecule has 0 bridgehead atoms. The fourth-order valence-electron chi connectivity index (χ4n) is 3.14. The Hall–Kier alpha value is -3.38. The van der Waals surface area contributed by atoms with Crippen molar-refractivity contribution in [2.24, 2.45) is 10.2 Å². The lowest BCUT2D eigenvalue weighted by molar-refractivity contribution is 0.320. The van der Waals surface area contributed by atoms with Gasteiger partial charge in [-0.15, -0.1) is 5.11 Å². The first-order valence-corrected chi connectivity index (χ1v) is 11.9. The molecule has 0 unspecified atom stereocenters. The highest BCUT2D eigenvalue weighted by Crippen LogP contribution is 2.24. The first-order valence-electron chi connectivity index (χ1n) is 10.5. The minimum atomic E-state index is -4.30. The largest absolute Gasteiger partial charge is 0.478 e. The molecule has 0 saturated heterocycles. The molecule has 176 valence electrons. The van der Waals surface area contributed by atoms with Crippen molar-refractivity contribution < 1.29 is 17.7 Å². The summed E-state index contributed by atoms with van der Waals surface area (Å²) >= 11 is 0. The Morgan fingerprint density at radius 2 is 1.82 bits per heavy atom. The van der Waals surface area contributed by atoms with Gasteiger partial charge in [-0.1, -0.05) is 13.3 Å². The van der Waals surface area contributed by atoms with Crippen molar-refractivity contribution in [3.8, 4) is 11.8 Å². The molecule has 3 rings (SSSR count). The van der Waals surface area contributed by atoms with E-state index >= 15 is 0 Å². The van der Waals surface area contributed by atoms with E-state index in [0.717, 1.165) is 30.5 Å². The second kappa shape index (κ2) is 10.0. The molecule has 0 amide bonds. The van der Waals surface area contributed by atoms with Crippen molar-refractivity contribution in [1.29, 1.82) is 0 Å². The molecule has 0 aliphatic rings. The van der Waals surface area contributed by atoms with Crippen LogP contribution in [0.25, 0.3) is 5.95 Å². The Bertz CT molecular complexity index is 1330. The van der Waals surface area contributed by atoms with Gasteiger partial charge in [0.2, 0.25) is 5.88 Å². The van der Waals surface area contributed by atoms with E-state index in [4.69, 9.17) is 9.29 Å². The number of H-pyrrole nitrogens is 1. The van der Waals surface area contributed by atoms with Crippen LogP contribution in [0.15, 0.2) is 44.2 Å². The summed E-state index contributed by atoms with van der Waals surface area (Å²) in [5.41, 5.74) is 1.98. The number of aromatic amines is 1. The van der Waals surface area contributed by atoms with Crippen LogP contribution in [-0.2, 0) is 16.5 Å². The molecule has 0 fully saturated rings. The molecule has 2 aromatic heterocycles. The number of hydrogen-bond donors (Lipinski definition) is 2. The Balaban J connectivity index is 1.96. The third kappa shape index (κ3) is 5.52. The smallest absolute Gasteiger partial charge is 0.301 e. The summed E-state index contributed by atoms with van der Waals surface area (Å²) in [6.45, 7) is 7.93. The molecule has 0 spiro atoms. The van der Waals surface area contributed by atoms with Crippen LogP contribution in [-0.4, -0.2) is 39.3 Å². The summed E-state index contributed by atoms with van der Waals surface area (Å²) in [4.78, 5) is 21.7. The standard InChI is InChI=1S/C21H26N6O5S/c1-5-7-8-17-13(3)22-21(23-19(17)32-6-2)27-20(28)18(14(4)26-27)25-24-15-9-11-16(12-10-15)33(29,30)31/h9-12,26H,5-8H2,1-4H3,(H,29,30,31). The number of benzene rings is 1. The lowest BCUT2D eigenvalue weighted by Gasteiger charge is -2.13. The molecule has 33 heavy (non-hydrogen) atoms. The van der Waals surface area contributed by atoms with E-state index in [2.05, 4.69) is 32.2 Å². The van der Waals surface area contributed by atoms with Crippen molar-refractivity contribution in [2.75, 3.05) is 6.61 Å². The van der Waals surface area contributed by atoms with Crippen LogP contribution < -0.4 is 10.3 Å². The number of hydrogen-bond acceptors (Lipinski definition) is 8. The van der Waals surface area contributed by atoms with Crippen LogP contribution >= 0.6 is 0 Å². The Morgan fingerprint density at radius 3 is 2.42 bits per heavy atom. The van der Waals surface area contributed by atoms with E-state index in [1.54, 1.807) is 6.92 Å². The maximum atomic E-state index is 13.0. The third-order valence-corrected chi connectivity index (χ3v) is 5.73. The zero-order valence-electron chi connectivity index (χ0n) is 18.9. The average Bonchev–Trinajstić information content (AvgIpc) is 3.05. The Morgan fingerprint density at radius 1 is 1.12 bits per heavy atom. The highest BCUT2D eigenvalue weighted by molar-refractivity contribution is 7.85. The van der Waals surface area contributed by atoms with Gasteiger partial charge in [-0.2, -0.15) is 23.2 Å². The summed E-state index contributed by atoms with van der Waals surface area (Å²) in [6, 6.07) is 5.11. The van der Waals surface area contributed by atoms with Crippen LogP contribution in [0.1, 0.15) is 43.6 Å². The maximum absolute atomic E-state index is 13.0. The molecule has 1 aromatic carbocycles. The van der Waals surface area contributed by atoms with Crippen molar-refractivity contribution in [3.63, 3.8) is 0 Å². The van der Waals surface area contributed by atoms with Crippen molar-refractivity contribution in [3.05, 3.63) is 51.6 Å². The van der Waals surface area contributed by atoms with E-state index in [1.807, 2.05) is 13.8 Å². The van der Waals surface area contributed by atoms with Gasteiger partial charge in [0, 0.05) is 11.3 Å². The van der Waals surface area contributed by atoms with Gasteiger partial charge in [0.15, 0.2) is 5.69 Å². The predicted molar refractivity (Wildman–Crippen MR) is 122 cm³/mol. The van der Waals surface area contributed by atoms with Crippen LogP contribution in [0, 0.1) is 13.8 Å². The van der Waals surface area contributed by atoms with Crippen molar-refractivity contribution in [2.45, 2.75) is 51.9 Å². The molecule has 0 radical (unpaired) electrons. The normalized spacial score (nSPS) is 11.9. The van der Waals surface area contributed by atoms with Crippen LogP contribution in [0.3, 0.4) is 0 Å². The van der Waals surface area contributed by atoms with Gasteiger partial charge in [0.25, 0.3) is 16.1 Å². The topological polar surface area (TPSA) is 152 Å². The fraction of sp³-hybridized carbons (Fsp3) is 0.381. The van der Waals surface area contributed by atoms with E-state index in [1.165, 1.54) is 28.9 Å². The monoisotopic (exact) mass is 474 g/mol. The molecule has 2 heterocycles. The average molecular weight is 475 g/mol. The van der Waals surface area contributed by atoms with Gasteiger partial charge in [-0.3, -0.25) is 14.4 Å². The first-order chi connectivity index (χ1) is 15.7. The fourth-order valence-corrected chi connectivity index (χ4v) is 3.62. The van der Waals surface area contributed by atoms with E-state index in [9.17, 15) is 13.2 Å². The summed E-state index contributed by atoms with van der Waals surface area (Å²) in [6.07, 6.45) is 2.78. The second-order valence-electron chi connectivity index (χ2n) is 7.32. The Labute approximate surface area is 191 Å². The zero-order valence-corrected chi connectivity index (χ0v) is 19.7. The number of ether oxygens (including phenoxy) is 1.